The summed E-state index contributed by atoms with van der Waals surface area (Å²) in [4.78, 5) is 37.6. The summed E-state index contributed by atoms with van der Waals surface area (Å²) in [6.45, 7) is 3.67. The van der Waals surface area contributed by atoms with Crippen molar-refractivity contribution in [3.8, 4) is 5.75 Å². The van der Waals surface area contributed by atoms with Crippen molar-refractivity contribution in [3.05, 3.63) is 29.3 Å². The number of benzene rings is 1. The van der Waals surface area contributed by atoms with Crippen LogP contribution in [0.25, 0.3) is 0 Å². The lowest BCUT2D eigenvalue weighted by molar-refractivity contribution is -0.136. The van der Waals surface area contributed by atoms with E-state index in [0.717, 1.165) is 12.1 Å². The number of likely N-dealkylation sites (N-methyl/N-ethyl adjacent to an activating group) is 1. The lowest BCUT2D eigenvalue weighted by Crippen LogP contribution is -2.52. The predicted octanol–water partition coefficient (Wildman–Crippen LogP) is 0.0790. The number of imide groups is 1. The monoisotopic (exact) mass is 405 g/mol. The average Bonchev–Trinajstić information content (AvgIpc) is 3.02. The average molecular weight is 405 g/mol. The van der Waals surface area contributed by atoms with Crippen molar-refractivity contribution in [2.75, 3.05) is 46.6 Å². The molecule has 3 amide bonds. The van der Waals surface area contributed by atoms with E-state index in [2.05, 4.69) is 10.6 Å². The summed E-state index contributed by atoms with van der Waals surface area (Å²) in [5.74, 6) is -0.248. The van der Waals surface area contributed by atoms with Gasteiger partial charge in [-0.15, -0.1) is 0 Å². The van der Waals surface area contributed by atoms with E-state index in [1.165, 1.54) is 4.90 Å². The first kappa shape index (κ1) is 21.2. The Kier molecular flexibility index (Phi) is 7.56. The molecule has 2 aliphatic rings. The quantitative estimate of drug-likeness (QED) is 0.397. The van der Waals surface area contributed by atoms with Crippen molar-refractivity contribution in [1.29, 1.82) is 0 Å². The molecule has 29 heavy (non-hydrogen) atoms. The maximum atomic E-state index is 12.6. The molecule has 3 rings (SSSR count). The second kappa shape index (κ2) is 10.3. The van der Waals surface area contributed by atoms with E-state index >= 15 is 0 Å². The van der Waals surface area contributed by atoms with Gasteiger partial charge in [-0.05, 0) is 37.2 Å². The van der Waals surface area contributed by atoms with Gasteiger partial charge in [0.05, 0.1) is 26.4 Å². The molecule has 0 radical (unpaired) electrons. The number of amides is 3. The van der Waals surface area contributed by atoms with Crippen LogP contribution in [0.1, 0.15) is 28.8 Å². The molecule has 1 aromatic rings. The smallest absolute Gasteiger partial charge is 0.255 e. The topological polar surface area (TPSA) is 106 Å². The first-order valence-electron chi connectivity index (χ1n) is 9.80. The zero-order chi connectivity index (χ0) is 20.6. The van der Waals surface area contributed by atoms with Gasteiger partial charge in [-0.1, -0.05) is 0 Å². The highest BCUT2D eigenvalue weighted by Gasteiger charge is 2.39. The summed E-state index contributed by atoms with van der Waals surface area (Å²) in [6, 6.07) is 4.67. The number of carbonyl (C=O) groups is 3. The van der Waals surface area contributed by atoms with Gasteiger partial charge in [-0.2, -0.15) is 0 Å². The molecule has 9 heteroatoms. The Bertz CT molecular complexity index is 754. The van der Waals surface area contributed by atoms with Crippen molar-refractivity contribution in [2.45, 2.75) is 25.4 Å². The largest absolute Gasteiger partial charge is 0.491 e. The standard InChI is InChI=1S/C20H27N3O6/c1-21-6-7-27-8-9-28-10-11-29-15-2-3-16-14(12-15)13-23(20(16)26)17-4-5-18(24)22-19(17)25/h2-3,12,17,21H,4-11,13H2,1H3,(H,22,24,25). The maximum Gasteiger partial charge on any atom is 0.255 e. The van der Waals surface area contributed by atoms with Gasteiger partial charge in [-0.3, -0.25) is 19.7 Å². The van der Waals surface area contributed by atoms with Gasteiger partial charge in [0.15, 0.2) is 0 Å². The first-order valence-corrected chi connectivity index (χ1v) is 9.80. The zero-order valence-electron chi connectivity index (χ0n) is 16.6. The van der Waals surface area contributed by atoms with Crippen LogP contribution in [-0.2, 0) is 25.6 Å². The zero-order valence-corrected chi connectivity index (χ0v) is 16.6. The van der Waals surface area contributed by atoms with Crippen LogP contribution in [0.4, 0.5) is 0 Å². The fourth-order valence-electron chi connectivity index (χ4n) is 3.36. The van der Waals surface area contributed by atoms with Gasteiger partial charge < -0.3 is 24.4 Å². The van der Waals surface area contributed by atoms with Crippen molar-refractivity contribution < 1.29 is 28.6 Å². The molecule has 9 nitrogen and oxygen atoms in total. The van der Waals surface area contributed by atoms with Crippen LogP contribution in [0.3, 0.4) is 0 Å². The van der Waals surface area contributed by atoms with Gasteiger partial charge >= 0.3 is 0 Å². The van der Waals surface area contributed by atoms with Crippen molar-refractivity contribution >= 4 is 17.7 Å². The molecule has 158 valence electrons. The number of rotatable bonds is 11. The van der Waals surface area contributed by atoms with Crippen molar-refractivity contribution in [1.82, 2.24) is 15.5 Å². The van der Waals surface area contributed by atoms with Crippen LogP contribution in [0, 0.1) is 0 Å². The van der Waals surface area contributed by atoms with E-state index in [4.69, 9.17) is 14.2 Å². The number of hydrogen-bond donors (Lipinski definition) is 2. The van der Waals surface area contributed by atoms with E-state index < -0.39 is 11.9 Å². The highest BCUT2D eigenvalue weighted by molar-refractivity contribution is 6.05. The summed E-state index contributed by atoms with van der Waals surface area (Å²) in [5, 5.41) is 5.30. The molecule has 1 atom stereocenters. The number of nitrogens with one attached hydrogen (secondary N) is 2. The Hall–Kier alpha value is -2.49. The van der Waals surface area contributed by atoms with Crippen molar-refractivity contribution in [2.24, 2.45) is 0 Å². The molecule has 0 aliphatic carbocycles. The second-order valence-electron chi connectivity index (χ2n) is 6.90. The van der Waals surface area contributed by atoms with Crippen LogP contribution in [-0.4, -0.2) is 75.3 Å². The Labute approximate surface area is 169 Å². The molecular weight excluding hydrogens is 378 g/mol. The molecule has 0 aromatic heterocycles. The predicted molar refractivity (Wildman–Crippen MR) is 104 cm³/mol. The maximum absolute atomic E-state index is 12.6. The van der Waals surface area contributed by atoms with E-state index in [1.54, 1.807) is 12.1 Å². The molecule has 2 aliphatic heterocycles. The van der Waals surface area contributed by atoms with E-state index in [9.17, 15) is 14.4 Å². The summed E-state index contributed by atoms with van der Waals surface area (Å²) >= 11 is 0. The minimum Gasteiger partial charge on any atom is -0.491 e. The molecule has 2 heterocycles. The first-order chi connectivity index (χ1) is 14.1. The van der Waals surface area contributed by atoms with Crippen LogP contribution in [0.5, 0.6) is 5.75 Å². The van der Waals surface area contributed by atoms with E-state index in [0.29, 0.717) is 57.3 Å². The normalized spacial score (nSPS) is 18.7. The van der Waals surface area contributed by atoms with E-state index in [-0.39, 0.29) is 18.2 Å². The highest BCUT2D eigenvalue weighted by atomic mass is 16.5. The molecule has 1 saturated heterocycles. The van der Waals surface area contributed by atoms with Gasteiger partial charge in [0.25, 0.3) is 5.91 Å². The van der Waals surface area contributed by atoms with Gasteiger partial charge in [0.1, 0.15) is 18.4 Å². The lowest BCUT2D eigenvalue weighted by atomic mass is 10.0. The molecule has 1 aromatic carbocycles. The number of ether oxygens (including phenoxy) is 3. The second-order valence-corrected chi connectivity index (χ2v) is 6.90. The molecule has 0 spiro atoms. The third-order valence-corrected chi connectivity index (χ3v) is 4.86. The fraction of sp³-hybridized carbons (Fsp3) is 0.550. The molecule has 1 unspecified atom stereocenters. The minimum atomic E-state index is -0.610. The number of hydrogen-bond acceptors (Lipinski definition) is 7. The summed E-state index contributed by atoms with van der Waals surface area (Å²) in [7, 11) is 1.87. The number of carbonyl (C=O) groups excluding carboxylic acids is 3. The summed E-state index contributed by atoms with van der Waals surface area (Å²) < 4.78 is 16.5. The number of nitrogens with zero attached hydrogens (tertiary/aromatic N) is 1. The third-order valence-electron chi connectivity index (χ3n) is 4.86. The summed E-state index contributed by atoms with van der Waals surface area (Å²) in [5.41, 5.74) is 1.38. The third kappa shape index (κ3) is 5.53. The minimum absolute atomic E-state index is 0.192. The van der Waals surface area contributed by atoms with Crippen LogP contribution in [0.15, 0.2) is 18.2 Å². The Balaban J connectivity index is 1.44. The Morgan fingerprint density at radius 2 is 1.86 bits per heavy atom. The van der Waals surface area contributed by atoms with Crippen LogP contribution >= 0.6 is 0 Å². The van der Waals surface area contributed by atoms with Gasteiger partial charge in [0, 0.05) is 25.1 Å². The molecular formula is C20H27N3O6. The van der Waals surface area contributed by atoms with Gasteiger partial charge in [0.2, 0.25) is 11.8 Å². The molecule has 1 fully saturated rings. The molecule has 2 N–H and O–H groups in total. The number of piperidine rings is 1. The molecule has 0 bridgehead atoms. The Morgan fingerprint density at radius 1 is 1.10 bits per heavy atom. The van der Waals surface area contributed by atoms with Crippen LogP contribution < -0.4 is 15.4 Å². The Morgan fingerprint density at radius 3 is 2.62 bits per heavy atom. The van der Waals surface area contributed by atoms with E-state index in [1.807, 2.05) is 13.1 Å². The number of fused-ring (bicyclic) bond motifs is 1. The highest BCUT2D eigenvalue weighted by Crippen LogP contribution is 2.30. The SMILES string of the molecule is CNCCOCCOCCOc1ccc2c(c1)CN(C1CCC(=O)NC1=O)C2=O. The fourth-order valence-corrected chi connectivity index (χ4v) is 3.36. The van der Waals surface area contributed by atoms with Gasteiger partial charge in [-0.25, -0.2) is 0 Å². The van der Waals surface area contributed by atoms with Crippen LogP contribution in [0.2, 0.25) is 0 Å². The molecule has 0 saturated carbocycles. The van der Waals surface area contributed by atoms with Crippen molar-refractivity contribution in [3.63, 3.8) is 0 Å². The lowest BCUT2D eigenvalue weighted by Gasteiger charge is -2.29. The summed E-state index contributed by atoms with van der Waals surface area (Å²) in [6.07, 6.45) is 0.592.